The van der Waals surface area contributed by atoms with Gasteiger partial charge in [0.15, 0.2) is 5.58 Å². The summed E-state index contributed by atoms with van der Waals surface area (Å²) in [7, 11) is 0. The van der Waals surface area contributed by atoms with Crippen LogP contribution in [0.2, 0.25) is 5.02 Å². The van der Waals surface area contributed by atoms with Crippen LogP contribution >= 0.6 is 11.6 Å². The van der Waals surface area contributed by atoms with Gasteiger partial charge in [-0.1, -0.05) is 50.9 Å². The number of hydrogen-bond donors (Lipinski definition) is 1. The molecule has 0 bridgehead atoms. The first-order chi connectivity index (χ1) is 20.5. The minimum absolute atomic E-state index is 0.00797. The number of aryl methyl sites for hydroxylation is 1. The van der Waals surface area contributed by atoms with Gasteiger partial charge in [0.1, 0.15) is 18.0 Å². The van der Waals surface area contributed by atoms with Crippen LogP contribution in [0.15, 0.2) is 69.9 Å². The second-order valence-corrected chi connectivity index (χ2v) is 10.8. The fraction of sp³-hybridized carbons (Fsp3) is 0.333. The van der Waals surface area contributed by atoms with Gasteiger partial charge in [0.25, 0.3) is 5.76 Å². The van der Waals surface area contributed by atoms with Crippen molar-refractivity contribution in [2.75, 3.05) is 13.1 Å². The van der Waals surface area contributed by atoms with Crippen LogP contribution in [0.25, 0.3) is 11.0 Å². The molecular formula is C33H34ClF3NO5+. The zero-order valence-corrected chi connectivity index (χ0v) is 25.0. The fourth-order valence-corrected chi connectivity index (χ4v) is 5.08. The van der Waals surface area contributed by atoms with Crippen molar-refractivity contribution in [1.82, 2.24) is 0 Å². The molecule has 4 rings (SSSR count). The number of halogens is 4. The summed E-state index contributed by atoms with van der Waals surface area (Å²) >= 11 is 5.93. The van der Waals surface area contributed by atoms with E-state index in [2.05, 4.69) is 0 Å². The van der Waals surface area contributed by atoms with Crippen molar-refractivity contribution in [3.05, 3.63) is 98.4 Å². The number of ether oxygens (including phenoxy) is 2. The maximum atomic E-state index is 14.4. The van der Waals surface area contributed by atoms with E-state index in [9.17, 15) is 22.8 Å². The number of hydrogen-bond acceptors (Lipinski definition) is 5. The zero-order chi connectivity index (χ0) is 31.1. The van der Waals surface area contributed by atoms with Crippen LogP contribution < -0.4 is 19.8 Å². The maximum absolute atomic E-state index is 14.4. The molecule has 0 saturated carbocycles. The van der Waals surface area contributed by atoms with Crippen LogP contribution in [0.5, 0.6) is 17.2 Å². The molecule has 3 aromatic carbocycles. The molecule has 228 valence electrons. The van der Waals surface area contributed by atoms with Crippen molar-refractivity contribution in [1.29, 1.82) is 0 Å². The van der Waals surface area contributed by atoms with Crippen molar-refractivity contribution >= 4 is 28.5 Å². The van der Waals surface area contributed by atoms with Gasteiger partial charge >= 0.3 is 12.1 Å². The van der Waals surface area contributed by atoms with Crippen molar-refractivity contribution in [3.63, 3.8) is 0 Å². The molecule has 0 aliphatic heterocycles. The Morgan fingerprint density at radius 3 is 2.14 bits per heavy atom. The number of carbonyl (C=O) groups excluding carboxylic acids is 1. The SMILES string of the molecule is CCCc1ccc(Oc2c(C(F)(F)F)oc3c(C[NH+](CCC)CCC)c(OC(=O)c4ccc(Cl)cc4)ccc3c2=O)cc1. The van der Waals surface area contributed by atoms with Crippen LogP contribution in [0, 0.1) is 0 Å². The Morgan fingerprint density at radius 2 is 1.56 bits per heavy atom. The summed E-state index contributed by atoms with van der Waals surface area (Å²) in [6.45, 7) is 7.60. The molecule has 0 fully saturated rings. The molecule has 1 N–H and O–H groups in total. The second-order valence-electron chi connectivity index (χ2n) is 10.3. The number of alkyl halides is 3. The van der Waals surface area contributed by atoms with E-state index in [0.29, 0.717) is 18.1 Å². The molecule has 0 atom stereocenters. The lowest BCUT2D eigenvalue weighted by molar-refractivity contribution is -0.913. The summed E-state index contributed by atoms with van der Waals surface area (Å²) in [5.41, 5.74) is 0.111. The van der Waals surface area contributed by atoms with Gasteiger partial charge < -0.3 is 18.8 Å². The first kappa shape index (κ1) is 32.1. The third kappa shape index (κ3) is 7.77. The smallest absolute Gasteiger partial charge is 0.449 e. The molecule has 0 aliphatic rings. The summed E-state index contributed by atoms with van der Waals surface area (Å²) in [4.78, 5) is 27.7. The van der Waals surface area contributed by atoms with Crippen molar-refractivity contribution in [2.45, 2.75) is 59.2 Å². The normalized spacial score (nSPS) is 11.7. The predicted molar refractivity (Wildman–Crippen MR) is 159 cm³/mol. The summed E-state index contributed by atoms with van der Waals surface area (Å²) in [5, 5.41) is 0.317. The van der Waals surface area contributed by atoms with E-state index in [1.807, 2.05) is 20.8 Å². The second kappa shape index (κ2) is 14.1. The number of fused-ring (bicyclic) bond motifs is 1. The third-order valence-corrected chi connectivity index (χ3v) is 7.19. The molecule has 0 radical (unpaired) electrons. The summed E-state index contributed by atoms with van der Waals surface area (Å²) < 4.78 is 60.0. The van der Waals surface area contributed by atoms with E-state index >= 15 is 0 Å². The van der Waals surface area contributed by atoms with Crippen LogP contribution in [-0.4, -0.2) is 19.1 Å². The quantitative estimate of drug-likeness (QED) is 0.131. The highest BCUT2D eigenvalue weighted by Crippen LogP contribution is 2.40. The molecule has 10 heteroatoms. The Balaban J connectivity index is 1.87. The van der Waals surface area contributed by atoms with Gasteiger partial charge in [0, 0.05) is 5.02 Å². The van der Waals surface area contributed by atoms with Crippen molar-refractivity contribution in [3.8, 4) is 17.2 Å². The predicted octanol–water partition coefficient (Wildman–Crippen LogP) is 7.63. The highest BCUT2D eigenvalue weighted by atomic mass is 35.5. The van der Waals surface area contributed by atoms with E-state index in [4.69, 9.17) is 25.5 Å². The molecule has 4 aromatic rings. The van der Waals surface area contributed by atoms with E-state index in [0.717, 1.165) is 36.1 Å². The van der Waals surface area contributed by atoms with Crippen LogP contribution in [0.4, 0.5) is 13.2 Å². The van der Waals surface area contributed by atoms with Gasteiger partial charge in [-0.15, -0.1) is 0 Å². The molecule has 1 aromatic heterocycles. The lowest BCUT2D eigenvalue weighted by Gasteiger charge is -2.21. The van der Waals surface area contributed by atoms with E-state index in [1.165, 1.54) is 48.5 Å². The van der Waals surface area contributed by atoms with Gasteiger partial charge in [-0.3, -0.25) is 4.79 Å². The molecular weight excluding hydrogens is 583 g/mol. The number of rotatable bonds is 12. The van der Waals surface area contributed by atoms with Crippen LogP contribution in [0.1, 0.15) is 67.3 Å². The molecule has 0 saturated heterocycles. The zero-order valence-electron chi connectivity index (χ0n) is 24.3. The first-order valence-electron chi connectivity index (χ1n) is 14.3. The van der Waals surface area contributed by atoms with Gasteiger partial charge in [-0.25, -0.2) is 4.79 Å². The topological polar surface area (TPSA) is 70.2 Å². The lowest BCUT2D eigenvalue weighted by atomic mass is 10.1. The molecule has 6 nitrogen and oxygen atoms in total. The van der Waals surface area contributed by atoms with Gasteiger partial charge in [-0.05, 0) is 73.4 Å². The molecule has 0 unspecified atom stereocenters. The third-order valence-electron chi connectivity index (χ3n) is 6.93. The summed E-state index contributed by atoms with van der Waals surface area (Å²) in [5.74, 6) is -3.15. The minimum atomic E-state index is -5.04. The molecule has 43 heavy (non-hydrogen) atoms. The number of quaternary nitrogens is 1. The Bertz CT molecular complexity index is 1610. The average molecular weight is 617 g/mol. The van der Waals surface area contributed by atoms with E-state index < -0.39 is 29.1 Å². The molecule has 0 spiro atoms. The van der Waals surface area contributed by atoms with E-state index in [-0.39, 0.29) is 40.1 Å². The molecule has 1 heterocycles. The number of nitrogens with one attached hydrogen (secondary N) is 1. The van der Waals surface area contributed by atoms with Gasteiger partial charge in [0.05, 0.1) is 29.6 Å². The van der Waals surface area contributed by atoms with Gasteiger partial charge in [-0.2, -0.15) is 13.2 Å². The standard InChI is InChI=1S/C33H33ClF3NO5/c1-4-7-21-8-14-24(15-9-21)41-30-28(39)25-16-17-27(42-32(40)22-10-12-23(34)13-11-22)26(20-38(18-5-2)19-6-3)29(25)43-31(30)33(35,36)37/h8-17H,4-7,18-20H2,1-3H3/p+1. The number of esters is 1. The monoisotopic (exact) mass is 616 g/mol. The van der Waals surface area contributed by atoms with Crippen molar-refractivity contribution < 1.29 is 36.8 Å². The maximum Gasteiger partial charge on any atom is 0.453 e. The largest absolute Gasteiger partial charge is 0.453 e. The highest BCUT2D eigenvalue weighted by Gasteiger charge is 2.41. The van der Waals surface area contributed by atoms with Crippen molar-refractivity contribution in [2.24, 2.45) is 0 Å². The van der Waals surface area contributed by atoms with Crippen LogP contribution in [0.3, 0.4) is 0 Å². The average Bonchev–Trinajstić information content (AvgIpc) is 2.96. The number of carbonyl (C=O) groups is 1. The Kier molecular flexibility index (Phi) is 10.5. The highest BCUT2D eigenvalue weighted by molar-refractivity contribution is 6.30. The molecule has 0 aliphatic carbocycles. The minimum Gasteiger partial charge on any atom is -0.449 e. The lowest BCUT2D eigenvalue weighted by Crippen LogP contribution is -3.10. The Morgan fingerprint density at radius 1 is 0.907 bits per heavy atom. The summed E-state index contributed by atoms with van der Waals surface area (Å²) in [6, 6.07) is 15.3. The van der Waals surface area contributed by atoms with E-state index in [1.54, 1.807) is 12.1 Å². The number of benzene rings is 3. The summed E-state index contributed by atoms with van der Waals surface area (Å²) in [6.07, 6.45) is -1.71. The van der Waals surface area contributed by atoms with Gasteiger partial charge in [0.2, 0.25) is 11.2 Å². The Labute approximate surface area is 253 Å². The fourth-order valence-electron chi connectivity index (χ4n) is 4.96. The first-order valence-corrected chi connectivity index (χ1v) is 14.7. The Hall–Kier alpha value is -3.82. The molecule has 0 amide bonds. The van der Waals surface area contributed by atoms with Crippen LogP contribution in [-0.2, 0) is 19.1 Å².